The van der Waals surface area contributed by atoms with Gasteiger partial charge in [-0.25, -0.2) is 0 Å². The molecule has 0 saturated heterocycles. The summed E-state index contributed by atoms with van der Waals surface area (Å²) in [6.07, 6.45) is 9.56. The third kappa shape index (κ3) is 4.54. The summed E-state index contributed by atoms with van der Waals surface area (Å²) in [5.41, 5.74) is -0.263. The Kier molecular flexibility index (Phi) is 6.72. The first-order valence-electron chi connectivity index (χ1n) is 9.62. The van der Waals surface area contributed by atoms with Crippen LogP contribution >= 0.6 is 31.9 Å². The molecule has 0 aromatic heterocycles. The van der Waals surface area contributed by atoms with Crippen LogP contribution in [0, 0.1) is 5.92 Å². The number of nitrogens with zero attached hydrogens (tertiary/aromatic N) is 2. The molecule has 0 N–H and O–H groups in total. The summed E-state index contributed by atoms with van der Waals surface area (Å²) >= 11 is 7.23. The molecule has 3 nitrogen and oxygen atoms in total. The Labute approximate surface area is 167 Å². The van der Waals surface area contributed by atoms with Crippen molar-refractivity contribution in [3.63, 3.8) is 0 Å². The molecule has 1 spiro atoms. The van der Waals surface area contributed by atoms with Crippen LogP contribution in [0.4, 0.5) is 0 Å². The zero-order valence-corrected chi connectivity index (χ0v) is 18.4. The van der Waals surface area contributed by atoms with Crippen LogP contribution in [-0.2, 0) is 4.74 Å². The molecule has 0 bridgehead atoms. The average Bonchev–Trinajstić information content (AvgIpc) is 3.01. The van der Waals surface area contributed by atoms with Gasteiger partial charge in [-0.3, -0.25) is 9.98 Å². The van der Waals surface area contributed by atoms with Crippen molar-refractivity contribution in [1.29, 1.82) is 0 Å². The molecule has 1 aliphatic heterocycles. The lowest BCUT2D eigenvalue weighted by Gasteiger charge is -2.33. The normalized spacial score (nSPS) is 20.2. The number of halogens is 2. The molecule has 0 amide bonds. The summed E-state index contributed by atoms with van der Waals surface area (Å²) in [5.74, 6) is 0.716. The molecular weight excluding hydrogens is 444 g/mol. The van der Waals surface area contributed by atoms with Gasteiger partial charge in [-0.1, -0.05) is 33.1 Å². The van der Waals surface area contributed by atoms with Gasteiger partial charge in [0.2, 0.25) is 0 Å². The van der Waals surface area contributed by atoms with Crippen LogP contribution in [0.15, 0.2) is 31.1 Å². The Morgan fingerprint density at radius 2 is 1.72 bits per heavy atom. The number of benzene rings is 1. The van der Waals surface area contributed by atoms with Gasteiger partial charge in [0.15, 0.2) is 5.66 Å². The minimum atomic E-state index is -0.263. The molecule has 138 valence electrons. The van der Waals surface area contributed by atoms with Crippen LogP contribution < -0.4 is 10.7 Å². The molecule has 25 heavy (non-hydrogen) atoms. The van der Waals surface area contributed by atoms with Crippen LogP contribution in [0.2, 0.25) is 0 Å². The maximum absolute atomic E-state index is 6.26. The summed E-state index contributed by atoms with van der Waals surface area (Å²) in [6, 6.07) is 4.08. The summed E-state index contributed by atoms with van der Waals surface area (Å²) in [7, 11) is 0. The lowest BCUT2D eigenvalue weighted by Crippen LogP contribution is -2.34. The van der Waals surface area contributed by atoms with Gasteiger partial charge in [-0.2, -0.15) is 0 Å². The molecule has 1 saturated carbocycles. The highest BCUT2D eigenvalue weighted by molar-refractivity contribution is 9.11. The third-order valence-corrected chi connectivity index (χ3v) is 6.82. The molecule has 1 aliphatic carbocycles. The highest BCUT2D eigenvalue weighted by Crippen LogP contribution is 2.35. The molecule has 0 radical (unpaired) electrons. The van der Waals surface area contributed by atoms with Crippen molar-refractivity contribution in [1.82, 2.24) is 0 Å². The molecule has 1 aromatic rings. The molecule has 1 fully saturated rings. The SMILES string of the molecule is CCCCC(CC)COC1CCC2(CC1)N=c1c(Br)ccc(Br)c1=N2. The van der Waals surface area contributed by atoms with Crippen molar-refractivity contribution < 1.29 is 4.74 Å². The molecule has 3 rings (SSSR count). The first kappa shape index (κ1) is 19.5. The molecule has 1 atom stereocenters. The van der Waals surface area contributed by atoms with Gasteiger partial charge in [0.05, 0.1) is 6.10 Å². The zero-order valence-electron chi connectivity index (χ0n) is 15.2. The van der Waals surface area contributed by atoms with E-state index in [0.717, 1.165) is 52.0 Å². The van der Waals surface area contributed by atoms with Gasteiger partial charge >= 0.3 is 0 Å². The van der Waals surface area contributed by atoms with Gasteiger partial charge in [-0.15, -0.1) is 0 Å². The number of ether oxygens (including phenoxy) is 1. The number of fused-ring (bicyclic) bond motifs is 1. The first-order valence-corrected chi connectivity index (χ1v) is 11.2. The summed E-state index contributed by atoms with van der Waals surface area (Å²) < 4.78 is 8.33. The van der Waals surface area contributed by atoms with E-state index < -0.39 is 0 Å². The number of unbranched alkanes of at least 4 members (excludes halogenated alkanes) is 1. The van der Waals surface area contributed by atoms with Crippen molar-refractivity contribution >= 4 is 31.9 Å². The van der Waals surface area contributed by atoms with E-state index >= 15 is 0 Å². The van der Waals surface area contributed by atoms with Gasteiger partial charge in [0.25, 0.3) is 0 Å². The van der Waals surface area contributed by atoms with Crippen molar-refractivity contribution in [2.45, 2.75) is 77.0 Å². The van der Waals surface area contributed by atoms with E-state index in [1.165, 1.54) is 25.7 Å². The Balaban J connectivity index is 1.58. The fraction of sp³-hybridized carbons (Fsp3) is 0.700. The number of hydrogen-bond acceptors (Lipinski definition) is 3. The highest BCUT2D eigenvalue weighted by atomic mass is 79.9. The Hall–Kier alpha value is -0.260. The minimum absolute atomic E-state index is 0.263. The van der Waals surface area contributed by atoms with Crippen LogP contribution in [0.25, 0.3) is 0 Å². The second-order valence-electron chi connectivity index (χ2n) is 7.38. The Morgan fingerprint density at radius 1 is 1.12 bits per heavy atom. The highest BCUT2D eigenvalue weighted by Gasteiger charge is 2.37. The summed E-state index contributed by atoms with van der Waals surface area (Å²) in [5, 5.41) is 2.00. The fourth-order valence-corrected chi connectivity index (χ4v) is 4.62. The monoisotopic (exact) mass is 470 g/mol. The molecule has 1 unspecified atom stereocenters. The van der Waals surface area contributed by atoms with E-state index in [9.17, 15) is 0 Å². The quantitative estimate of drug-likeness (QED) is 0.528. The maximum atomic E-state index is 6.26. The molecular formula is C20H28Br2N2O. The summed E-state index contributed by atoms with van der Waals surface area (Å²) in [6.45, 7) is 5.46. The van der Waals surface area contributed by atoms with Crippen molar-refractivity contribution in [2.24, 2.45) is 15.9 Å². The molecule has 1 heterocycles. The van der Waals surface area contributed by atoms with Crippen LogP contribution in [-0.4, -0.2) is 18.4 Å². The van der Waals surface area contributed by atoms with Crippen LogP contribution in [0.3, 0.4) is 0 Å². The molecule has 1 aromatic carbocycles. The standard InChI is InChI=1S/C20H28Br2N2O/c1-3-5-6-14(4-2)13-25-15-9-11-20(12-10-15)23-18-16(21)7-8-17(22)19(18)24-20/h7-8,14-15H,3-6,9-13H2,1-2H3. The Bertz CT molecular complexity index is 668. The van der Waals surface area contributed by atoms with E-state index in [2.05, 4.69) is 45.7 Å². The van der Waals surface area contributed by atoms with Crippen molar-refractivity contribution in [3.05, 3.63) is 31.8 Å². The van der Waals surface area contributed by atoms with E-state index in [-0.39, 0.29) is 5.66 Å². The topological polar surface area (TPSA) is 34.0 Å². The third-order valence-electron chi connectivity index (χ3n) is 5.54. The second kappa shape index (κ2) is 8.62. The number of rotatable bonds is 7. The maximum Gasteiger partial charge on any atom is 0.151 e. The van der Waals surface area contributed by atoms with Crippen molar-refractivity contribution in [3.8, 4) is 0 Å². The van der Waals surface area contributed by atoms with Gasteiger partial charge < -0.3 is 4.74 Å². The predicted octanol–water partition coefficient (Wildman–Crippen LogP) is 5.34. The molecule has 5 heteroatoms. The average molecular weight is 472 g/mol. The summed E-state index contributed by atoms with van der Waals surface area (Å²) in [4.78, 5) is 9.98. The predicted molar refractivity (Wildman–Crippen MR) is 108 cm³/mol. The van der Waals surface area contributed by atoms with E-state index in [0.29, 0.717) is 12.0 Å². The van der Waals surface area contributed by atoms with Crippen LogP contribution in [0.5, 0.6) is 0 Å². The zero-order chi connectivity index (χ0) is 17.9. The Morgan fingerprint density at radius 3 is 2.24 bits per heavy atom. The van der Waals surface area contributed by atoms with Crippen molar-refractivity contribution in [2.75, 3.05) is 6.61 Å². The van der Waals surface area contributed by atoms with E-state index in [4.69, 9.17) is 14.7 Å². The van der Waals surface area contributed by atoms with Crippen LogP contribution in [0.1, 0.15) is 65.2 Å². The fourth-order valence-electron chi connectivity index (χ4n) is 3.80. The second-order valence-corrected chi connectivity index (χ2v) is 9.09. The largest absolute Gasteiger partial charge is 0.378 e. The minimum Gasteiger partial charge on any atom is -0.378 e. The van der Waals surface area contributed by atoms with E-state index in [1.807, 2.05) is 12.1 Å². The van der Waals surface area contributed by atoms with Gasteiger partial charge in [0, 0.05) is 15.6 Å². The lowest BCUT2D eigenvalue weighted by atomic mass is 9.88. The smallest absolute Gasteiger partial charge is 0.151 e. The van der Waals surface area contributed by atoms with Gasteiger partial charge in [0.1, 0.15) is 10.7 Å². The van der Waals surface area contributed by atoms with E-state index in [1.54, 1.807) is 0 Å². The first-order chi connectivity index (χ1) is 12.1. The van der Waals surface area contributed by atoms with Gasteiger partial charge in [-0.05, 0) is 82.0 Å². The lowest BCUT2D eigenvalue weighted by molar-refractivity contribution is -0.00595. The molecule has 2 aliphatic rings. The number of hydrogen-bond donors (Lipinski definition) is 0.